The van der Waals surface area contributed by atoms with Crippen LogP contribution >= 0.6 is 0 Å². The molecule has 9 nitrogen and oxygen atoms in total. The van der Waals surface area contributed by atoms with E-state index < -0.39 is 41.7 Å². The third-order valence-corrected chi connectivity index (χ3v) is 4.22. The first-order valence-corrected chi connectivity index (χ1v) is 8.01. The summed E-state index contributed by atoms with van der Waals surface area (Å²) in [6.45, 7) is 1.72. The van der Waals surface area contributed by atoms with Crippen LogP contribution in [-0.2, 0) is 9.47 Å². The van der Waals surface area contributed by atoms with Gasteiger partial charge in [-0.15, -0.1) is 0 Å². The number of aliphatic hydroxyl groups excluding tert-OH is 1. The molecule has 0 saturated carbocycles. The summed E-state index contributed by atoms with van der Waals surface area (Å²) in [5, 5.41) is 10.2. The molecule has 26 heavy (non-hydrogen) atoms. The first-order valence-electron chi connectivity index (χ1n) is 8.01. The summed E-state index contributed by atoms with van der Waals surface area (Å²) in [5.74, 6) is -0.542. The fourth-order valence-electron chi connectivity index (χ4n) is 2.70. The largest absolute Gasteiger partial charge is 0.459 e. The van der Waals surface area contributed by atoms with Crippen molar-refractivity contribution in [2.24, 2.45) is 5.73 Å². The average molecular weight is 361 g/mol. The zero-order valence-electron chi connectivity index (χ0n) is 14.0. The van der Waals surface area contributed by atoms with Crippen molar-refractivity contribution < 1.29 is 19.4 Å². The van der Waals surface area contributed by atoms with Gasteiger partial charge in [-0.3, -0.25) is 14.3 Å². The van der Waals surface area contributed by atoms with Crippen LogP contribution in [0.25, 0.3) is 0 Å². The number of rotatable bonds is 4. The molecule has 138 valence electrons. The summed E-state index contributed by atoms with van der Waals surface area (Å²) in [7, 11) is 0. The Kier molecular flexibility index (Phi) is 5.03. The van der Waals surface area contributed by atoms with Crippen LogP contribution in [0.4, 0.5) is 0 Å². The lowest BCUT2D eigenvalue weighted by molar-refractivity contribution is -0.0573. The Balaban J connectivity index is 1.68. The monoisotopic (exact) mass is 361 g/mol. The highest BCUT2D eigenvalue weighted by atomic mass is 16.6. The Morgan fingerprint density at radius 2 is 2.00 bits per heavy atom. The molecular weight excluding hydrogens is 342 g/mol. The highest BCUT2D eigenvalue weighted by Crippen LogP contribution is 2.27. The van der Waals surface area contributed by atoms with Crippen molar-refractivity contribution >= 4 is 5.97 Å². The van der Waals surface area contributed by atoms with Crippen LogP contribution in [0.2, 0.25) is 0 Å². The number of esters is 1. The zero-order chi connectivity index (χ0) is 18.8. The highest BCUT2D eigenvalue weighted by Gasteiger charge is 2.43. The number of nitrogens with two attached hydrogens (primary N) is 1. The molecule has 0 bridgehead atoms. The van der Waals surface area contributed by atoms with Crippen LogP contribution in [0, 0.1) is 6.92 Å². The maximum Gasteiger partial charge on any atom is 0.338 e. The second-order valence-corrected chi connectivity index (χ2v) is 6.11. The molecule has 1 fully saturated rings. The fourth-order valence-corrected chi connectivity index (χ4v) is 2.70. The van der Waals surface area contributed by atoms with Crippen molar-refractivity contribution in [3.05, 3.63) is 68.5 Å². The van der Waals surface area contributed by atoms with E-state index in [0.29, 0.717) is 5.56 Å². The predicted octanol–water partition coefficient (Wildman–Crippen LogP) is -0.712. The number of carbonyl (C=O) groups is 1. The number of nitrogens with zero attached hydrogens (tertiary/aromatic N) is 1. The highest BCUT2D eigenvalue weighted by molar-refractivity contribution is 5.89. The van der Waals surface area contributed by atoms with Gasteiger partial charge in [-0.05, 0) is 19.1 Å². The maximum atomic E-state index is 12.1. The van der Waals surface area contributed by atoms with Gasteiger partial charge in [0, 0.05) is 12.3 Å². The van der Waals surface area contributed by atoms with Crippen molar-refractivity contribution in [3.8, 4) is 0 Å². The van der Waals surface area contributed by atoms with E-state index in [9.17, 15) is 19.5 Å². The van der Waals surface area contributed by atoms with E-state index in [1.165, 1.54) is 6.20 Å². The molecule has 0 spiro atoms. The Bertz CT molecular complexity index is 904. The van der Waals surface area contributed by atoms with E-state index in [1.807, 2.05) is 6.92 Å². The number of aliphatic hydroxyl groups is 1. The lowest BCUT2D eigenvalue weighted by Gasteiger charge is -2.16. The van der Waals surface area contributed by atoms with Gasteiger partial charge < -0.3 is 20.3 Å². The van der Waals surface area contributed by atoms with Gasteiger partial charge in [0.2, 0.25) is 0 Å². The van der Waals surface area contributed by atoms with Crippen LogP contribution in [0.15, 0.2) is 46.1 Å². The van der Waals surface area contributed by atoms with Gasteiger partial charge in [0.05, 0.1) is 11.6 Å². The van der Waals surface area contributed by atoms with Crippen LogP contribution in [0.5, 0.6) is 0 Å². The van der Waals surface area contributed by atoms with E-state index >= 15 is 0 Å². The van der Waals surface area contributed by atoms with Crippen LogP contribution in [0.3, 0.4) is 0 Å². The fraction of sp³-hybridized carbons (Fsp3) is 0.353. The van der Waals surface area contributed by atoms with Gasteiger partial charge in [0.25, 0.3) is 5.56 Å². The summed E-state index contributed by atoms with van der Waals surface area (Å²) in [4.78, 5) is 37.1. The maximum absolute atomic E-state index is 12.1. The van der Waals surface area contributed by atoms with Crippen LogP contribution in [-0.4, -0.2) is 45.5 Å². The number of nitrogens with one attached hydrogen (secondary N) is 1. The van der Waals surface area contributed by atoms with E-state index in [-0.39, 0.29) is 6.61 Å². The molecule has 4 N–H and O–H groups in total. The molecule has 1 aliphatic rings. The van der Waals surface area contributed by atoms with Gasteiger partial charge in [-0.25, -0.2) is 9.59 Å². The molecule has 1 aliphatic heterocycles. The van der Waals surface area contributed by atoms with E-state index in [2.05, 4.69) is 4.98 Å². The normalized spacial score (nSPS) is 25.2. The zero-order valence-corrected chi connectivity index (χ0v) is 14.0. The second-order valence-electron chi connectivity index (χ2n) is 6.11. The number of hydrogen-bond acceptors (Lipinski definition) is 7. The smallest absolute Gasteiger partial charge is 0.338 e. The quantitative estimate of drug-likeness (QED) is 0.612. The summed E-state index contributed by atoms with van der Waals surface area (Å²) < 4.78 is 11.8. The molecule has 0 amide bonds. The topological polar surface area (TPSA) is 137 Å². The average Bonchev–Trinajstić information content (AvgIpc) is 2.88. The Labute approximate surface area is 148 Å². The molecule has 0 aliphatic carbocycles. The van der Waals surface area contributed by atoms with Gasteiger partial charge >= 0.3 is 11.7 Å². The lowest BCUT2D eigenvalue weighted by atomic mass is 10.1. The first-order chi connectivity index (χ1) is 12.4. The summed E-state index contributed by atoms with van der Waals surface area (Å²) >= 11 is 0. The minimum atomic E-state index is -1.21. The standard InChI is InChI=1S/C17H19N3O6/c1-9-2-4-10(5-3-9)16(23)25-8-11-13(18)14(22)15(26-11)20-7-6-12(21)19-17(20)24/h2-7,11,13-15,22H,8,18H2,1H3,(H,19,21,24)/t11-,13-,14-,15-/m1/s1. The summed E-state index contributed by atoms with van der Waals surface area (Å²) in [6.07, 6.45) is -1.88. The Morgan fingerprint density at radius 1 is 1.31 bits per heavy atom. The number of hydrogen-bond donors (Lipinski definition) is 3. The number of benzene rings is 1. The van der Waals surface area contributed by atoms with Gasteiger partial charge in [0.15, 0.2) is 6.23 Å². The van der Waals surface area contributed by atoms with Crippen molar-refractivity contribution in [1.82, 2.24) is 9.55 Å². The molecule has 0 radical (unpaired) electrons. The molecule has 2 aromatic rings. The van der Waals surface area contributed by atoms with Crippen LogP contribution < -0.4 is 17.0 Å². The molecule has 3 rings (SSSR count). The van der Waals surface area contributed by atoms with E-state index in [0.717, 1.165) is 16.2 Å². The molecule has 1 aromatic heterocycles. The third kappa shape index (κ3) is 3.59. The molecule has 4 atom stereocenters. The van der Waals surface area contributed by atoms with Crippen molar-refractivity contribution in [3.63, 3.8) is 0 Å². The van der Waals surface area contributed by atoms with E-state index in [4.69, 9.17) is 15.2 Å². The Morgan fingerprint density at radius 3 is 2.65 bits per heavy atom. The molecule has 0 unspecified atom stereocenters. The van der Waals surface area contributed by atoms with Crippen LogP contribution in [0.1, 0.15) is 22.1 Å². The number of carbonyl (C=O) groups excluding carboxylic acids is 1. The SMILES string of the molecule is Cc1ccc(C(=O)OC[C@H]2O[C@@H](n3ccc(=O)[nH]c3=O)[C@H](O)[C@@H]2N)cc1. The van der Waals surface area contributed by atoms with Crippen molar-refractivity contribution in [1.29, 1.82) is 0 Å². The first kappa shape index (κ1) is 18.1. The predicted molar refractivity (Wildman–Crippen MR) is 90.7 cm³/mol. The second kappa shape index (κ2) is 7.24. The summed E-state index contributed by atoms with van der Waals surface area (Å²) in [6, 6.07) is 7.13. The third-order valence-electron chi connectivity index (χ3n) is 4.22. The van der Waals surface area contributed by atoms with E-state index in [1.54, 1.807) is 24.3 Å². The van der Waals surface area contributed by atoms with Crippen molar-refractivity contribution in [2.45, 2.75) is 31.4 Å². The van der Waals surface area contributed by atoms with Gasteiger partial charge in [-0.1, -0.05) is 17.7 Å². The molecule has 1 aromatic carbocycles. The number of aromatic nitrogens is 2. The number of aromatic amines is 1. The molecule has 9 heteroatoms. The minimum Gasteiger partial charge on any atom is -0.459 e. The number of aryl methyl sites for hydroxylation is 1. The lowest BCUT2D eigenvalue weighted by Crippen LogP contribution is -2.43. The van der Waals surface area contributed by atoms with Crippen molar-refractivity contribution in [2.75, 3.05) is 6.61 Å². The Hall–Kier alpha value is -2.75. The van der Waals surface area contributed by atoms with Gasteiger partial charge in [-0.2, -0.15) is 0 Å². The number of H-pyrrole nitrogens is 1. The minimum absolute atomic E-state index is 0.181. The molecule has 1 saturated heterocycles. The summed E-state index contributed by atoms with van der Waals surface area (Å²) in [5.41, 5.74) is 6.03. The molecular formula is C17H19N3O6. The molecule has 2 heterocycles. The number of ether oxygens (including phenoxy) is 2. The van der Waals surface area contributed by atoms with Gasteiger partial charge in [0.1, 0.15) is 18.8 Å².